The fourth-order valence-electron chi connectivity index (χ4n) is 1.59. The number of halogens is 1. The molecule has 1 aromatic rings. The van der Waals surface area contributed by atoms with Crippen LogP contribution < -0.4 is 15.8 Å². The van der Waals surface area contributed by atoms with Gasteiger partial charge in [0.1, 0.15) is 0 Å². The molecule has 0 aromatic heterocycles. The zero-order chi connectivity index (χ0) is 13.7. The smallest absolute Gasteiger partial charge is 0.241 e. The number of hydrogen-bond acceptors (Lipinski definition) is 3. The molecule has 18 heavy (non-hydrogen) atoms. The highest BCUT2D eigenvalue weighted by Gasteiger charge is 2.15. The van der Waals surface area contributed by atoms with Crippen LogP contribution in [0.3, 0.4) is 0 Å². The number of anilines is 1. The van der Waals surface area contributed by atoms with Crippen LogP contribution in [0.4, 0.5) is 10.1 Å². The van der Waals surface area contributed by atoms with Crippen molar-refractivity contribution in [3.05, 3.63) is 24.0 Å². The van der Waals surface area contributed by atoms with E-state index in [0.717, 1.165) is 0 Å². The van der Waals surface area contributed by atoms with E-state index >= 15 is 0 Å². The lowest BCUT2D eigenvalue weighted by Gasteiger charge is -2.14. The van der Waals surface area contributed by atoms with Gasteiger partial charge in [0, 0.05) is 11.8 Å². The Morgan fingerprint density at radius 2 is 2.17 bits per heavy atom. The fraction of sp³-hybridized carbons (Fsp3) is 0.462. The minimum atomic E-state index is -0.568. The second kappa shape index (κ2) is 6.35. The minimum absolute atomic E-state index is 0.0882. The van der Waals surface area contributed by atoms with Crippen molar-refractivity contribution in [2.75, 3.05) is 12.4 Å². The van der Waals surface area contributed by atoms with Crippen LogP contribution in [0, 0.1) is 11.7 Å². The maximum Gasteiger partial charge on any atom is 0.241 e. The zero-order valence-electron chi connectivity index (χ0n) is 10.9. The van der Waals surface area contributed by atoms with E-state index in [1.54, 1.807) is 0 Å². The van der Waals surface area contributed by atoms with Crippen LogP contribution in [-0.2, 0) is 4.79 Å². The van der Waals surface area contributed by atoms with Crippen molar-refractivity contribution < 1.29 is 13.9 Å². The van der Waals surface area contributed by atoms with E-state index in [1.807, 2.05) is 13.8 Å². The molecule has 0 aliphatic carbocycles. The van der Waals surface area contributed by atoms with Crippen LogP contribution in [0.1, 0.15) is 20.3 Å². The molecule has 0 heterocycles. The van der Waals surface area contributed by atoms with Crippen molar-refractivity contribution in [3.8, 4) is 5.75 Å². The van der Waals surface area contributed by atoms with E-state index in [0.29, 0.717) is 18.0 Å². The summed E-state index contributed by atoms with van der Waals surface area (Å²) in [5, 5.41) is 2.64. The Kier molecular flexibility index (Phi) is 5.09. The van der Waals surface area contributed by atoms with E-state index in [-0.39, 0.29) is 11.7 Å². The van der Waals surface area contributed by atoms with Crippen molar-refractivity contribution in [2.45, 2.75) is 26.3 Å². The minimum Gasteiger partial charge on any atom is -0.494 e. The van der Waals surface area contributed by atoms with Gasteiger partial charge in [-0.15, -0.1) is 0 Å². The maximum atomic E-state index is 13.2. The first-order chi connectivity index (χ1) is 8.43. The summed E-state index contributed by atoms with van der Waals surface area (Å²) >= 11 is 0. The molecular formula is C13H19FN2O2. The van der Waals surface area contributed by atoms with Gasteiger partial charge in [0.25, 0.3) is 0 Å². The van der Waals surface area contributed by atoms with Crippen molar-refractivity contribution in [3.63, 3.8) is 0 Å². The molecule has 0 radical (unpaired) electrons. The van der Waals surface area contributed by atoms with Gasteiger partial charge < -0.3 is 15.8 Å². The van der Waals surface area contributed by atoms with Crippen LogP contribution >= 0.6 is 0 Å². The standard InChI is InChI=1S/C13H19FN2O2/c1-8(2)6-11(15)13(17)16-9-4-5-10(14)12(7-9)18-3/h4-5,7-8,11H,6,15H2,1-3H3,(H,16,17)/t11-/m1/s1. The Bertz CT molecular complexity index is 421. The highest BCUT2D eigenvalue weighted by Crippen LogP contribution is 2.21. The maximum absolute atomic E-state index is 13.2. The van der Waals surface area contributed by atoms with Crippen molar-refractivity contribution in [1.29, 1.82) is 0 Å². The molecule has 5 heteroatoms. The SMILES string of the molecule is COc1cc(NC(=O)[C@H](N)CC(C)C)ccc1F. The number of hydrogen-bond donors (Lipinski definition) is 2. The van der Waals surface area contributed by atoms with Gasteiger partial charge in [-0.2, -0.15) is 0 Å². The molecule has 1 rings (SSSR count). The second-order valence-corrected chi connectivity index (χ2v) is 4.57. The monoisotopic (exact) mass is 254 g/mol. The highest BCUT2D eigenvalue weighted by atomic mass is 19.1. The van der Waals surface area contributed by atoms with Crippen LogP contribution in [-0.4, -0.2) is 19.1 Å². The molecule has 1 aromatic carbocycles. The van der Waals surface area contributed by atoms with Gasteiger partial charge in [0.2, 0.25) is 5.91 Å². The van der Waals surface area contributed by atoms with Gasteiger partial charge in [-0.05, 0) is 24.5 Å². The lowest BCUT2D eigenvalue weighted by Crippen LogP contribution is -2.36. The lowest BCUT2D eigenvalue weighted by molar-refractivity contribution is -0.117. The fourth-order valence-corrected chi connectivity index (χ4v) is 1.59. The van der Waals surface area contributed by atoms with Crippen LogP contribution in [0.2, 0.25) is 0 Å². The number of ether oxygens (including phenoxy) is 1. The van der Waals surface area contributed by atoms with Crippen molar-refractivity contribution in [1.82, 2.24) is 0 Å². The van der Waals surface area contributed by atoms with Gasteiger partial charge in [-0.1, -0.05) is 13.8 Å². The molecule has 0 spiro atoms. The third-order valence-electron chi connectivity index (χ3n) is 2.48. The quantitative estimate of drug-likeness (QED) is 0.846. The average molecular weight is 254 g/mol. The molecule has 1 atom stereocenters. The highest BCUT2D eigenvalue weighted by molar-refractivity contribution is 5.94. The largest absolute Gasteiger partial charge is 0.494 e. The predicted molar refractivity (Wildman–Crippen MR) is 69.0 cm³/mol. The number of nitrogens with one attached hydrogen (secondary N) is 1. The van der Waals surface area contributed by atoms with E-state index in [9.17, 15) is 9.18 Å². The third kappa shape index (κ3) is 4.00. The Morgan fingerprint density at radius 1 is 1.50 bits per heavy atom. The van der Waals surface area contributed by atoms with Crippen LogP contribution in [0.5, 0.6) is 5.75 Å². The Labute approximate surface area is 106 Å². The number of rotatable bonds is 5. The van der Waals surface area contributed by atoms with Gasteiger partial charge in [0.15, 0.2) is 11.6 Å². The van der Waals surface area contributed by atoms with E-state index in [2.05, 4.69) is 5.32 Å². The summed E-state index contributed by atoms with van der Waals surface area (Å²) in [6.45, 7) is 3.99. The van der Waals surface area contributed by atoms with Gasteiger partial charge in [-0.25, -0.2) is 4.39 Å². The summed E-state index contributed by atoms with van der Waals surface area (Å²) in [5.41, 5.74) is 6.22. The van der Waals surface area contributed by atoms with Crippen molar-refractivity contribution in [2.24, 2.45) is 11.7 Å². The first-order valence-electron chi connectivity index (χ1n) is 5.84. The number of amides is 1. The summed E-state index contributed by atoms with van der Waals surface area (Å²) in [6.07, 6.45) is 0.601. The molecule has 0 fully saturated rings. The Morgan fingerprint density at radius 3 is 2.72 bits per heavy atom. The first kappa shape index (κ1) is 14.4. The number of nitrogens with two attached hydrogens (primary N) is 1. The summed E-state index contributed by atoms with van der Waals surface area (Å²) in [5.74, 6) is -0.321. The molecule has 100 valence electrons. The molecule has 0 bridgehead atoms. The topological polar surface area (TPSA) is 64.3 Å². The molecule has 4 nitrogen and oxygen atoms in total. The van der Waals surface area contributed by atoms with Gasteiger partial charge >= 0.3 is 0 Å². The molecule has 0 aliphatic heterocycles. The van der Waals surface area contributed by atoms with E-state index in [1.165, 1.54) is 25.3 Å². The van der Waals surface area contributed by atoms with Crippen LogP contribution in [0.25, 0.3) is 0 Å². The molecule has 0 saturated heterocycles. The first-order valence-corrected chi connectivity index (χ1v) is 5.84. The molecule has 0 aliphatic rings. The summed E-state index contributed by atoms with van der Waals surface area (Å²) < 4.78 is 18.0. The van der Waals surface area contributed by atoms with E-state index < -0.39 is 11.9 Å². The normalized spacial score (nSPS) is 12.3. The zero-order valence-corrected chi connectivity index (χ0v) is 10.9. The molecule has 0 saturated carbocycles. The summed E-state index contributed by atoms with van der Waals surface area (Å²) in [6, 6.07) is 3.57. The lowest BCUT2D eigenvalue weighted by atomic mass is 10.0. The molecule has 1 amide bonds. The van der Waals surface area contributed by atoms with Crippen molar-refractivity contribution >= 4 is 11.6 Å². The number of carbonyl (C=O) groups excluding carboxylic acids is 1. The molecular weight excluding hydrogens is 235 g/mol. The third-order valence-corrected chi connectivity index (χ3v) is 2.48. The number of benzene rings is 1. The van der Waals surface area contributed by atoms with Gasteiger partial charge in [-0.3, -0.25) is 4.79 Å². The Hall–Kier alpha value is -1.62. The second-order valence-electron chi connectivity index (χ2n) is 4.57. The van der Waals surface area contributed by atoms with Crippen LogP contribution in [0.15, 0.2) is 18.2 Å². The molecule has 3 N–H and O–H groups in total. The summed E-state index contributed by atoms with van der Waals surface area (Å²) in [4.78, 5) is 11.8. The predicted octanol–water partition coefficient (Wildman–Crippen LogP) is 2.15. The number of methoxy groups -OCH3 is 1. The van der Waals surface area contributed by atoms with E-state index in [4.69, 9.17) is 10.5 Å². The Balaban J connectivity index is 2.70. The average Bonchev–Trinajstić information content (AvgIpc) is 2.30. The number of carbonyl (C=O) groups is 1. The summed E-state index contributed by atoms with van der Waals surface area (Å²) in [7, 11) is 1.37. The molecule has 0 unspecified atom stereocenters. The van der Waals surface area contributed by atoms with Gasteiger partial charge in [0.05, 0.1) is 13.2 Å².